The molecule has 0 aliphatic carbocycles. The maximum atomic E-state index is 13.6. The molecule has 17 heavy (non-hydrogen) atoms. The van der Waals surface area contributed by atoms with E-state index in [1.165, 1.54) is 6.07 Å². The fourth-order valence-electron chi connectivity index (χ4n) is 1.91. The van der Waals surface area contributed by atoms with Crippen LogP contribution in [0.5, 0.6) is 0 Å². The van der Waals surface area contributed by atoms with Crippen LogP contribution < -0.4 is 5.73 Å². The molecule has 1 heterocycles. The number of rotatable bonds is 4. The Kier molecular flexibility index (Phi) is 3.66. The van der Waals surface area contributed by atoms with Crippen LogP contribution in [-0.2, 0) is 6.54 Å². The van der Waals surface area contributed by atoms with E-state index in [4.69, 9.17) is 5.73 Å². The second-order valence-electron chi connectivity index (χ2n) is 4.13. The summed E-state index contributed by atoms with van der Waals surface area (Å²) in [5, 5.41) is 0.575. The Bertz CT molecular complexity index is 513. The van der Waals surface area contributed by atoms with Crippen molar-refractivity contribution in [3.05, 3.63) is 41.8 Å². The molecule has 1 aromatic heterocycles. The predicted octanol–water partition coefficient (Wildman–Crippen LogP) is 1.76. The van der Waals surface area contributed by atoms with Crippen LogP contribution >= 0.6 is 0 Å². The Hall–Kier alpha value is -1.52. The van der Waals surface area contributed by atoms with Crippen molar-refractivity contribution in [1.82, 2.24) is 9.88 Å². The topological polar surface area (TPSA) is 42.1 Å². The summed E-state index contributed by atoms with van der Waals surface area (Å²) in [5.41, 5.74) is 7.26. The first-order chi connectivity index (χ1) is 8.22. The van der Waals surface area contributed by atoms with Gasteiger partial charge in [0.1, 0.15) is 5.82 Å². The first kappa shape index (κ1) is 12.0. The third-order valence-corrected chi connectivity index (χ3v) is 2.75. The molecular formula is C13H16FN3. The van der Waals surface area contributed by atoms with Gasteiger partial charge in [-0.15, -0.1) is 0 Å². The van der Waals surface area contributed by atoms with Gasteiger partial charge in [-0.25, -0.2) is 4.39 Å². The summed E-state index contributed by atoms with van der Waals surface area (Å²) in [4.78, 5) is 6.36. The van der Waals surface area contributed by atoms with Gasteiger partial charge in [0, 0.05) is 31.2 Å². The van der Waals surface area contributed by atoms with Crippen LogP contribution in [0, 0.1) is 5.82 Å². The van der Waals surface area contributed by atoms with E-state index >= 15 is 0 Å². The van der Waals surface area contributed by atoms with Gasteiger partial charge in [0.2, 0.25) is 0 Å². The van der Waals surface area contributed by atoms with E-state index in [2.05, 4.69) is 9.88 Å². The molecule has 0 atom stereocenters. The second-order valence-corrected chi connectivity index (χ2v) is 4.13. The summed E-state index contributed by atoms with van der Waals surface area (Å²) in [6, 6.07) is 6.79. The summed E-state index contributed by atoms with van der Waals surface area (Å²) in [6.45, 7) is 2.15. The SMILES string of the molecule is CN(CCN)Cc1ccc(F)c2cccnc12. The van der Waals surface area contributed by atoms with Gasteiger partial charge in [0.25, 0.3) is 0 Å². The lowest BCUT2D eigenvalue weighted by molar-refractivity contribution is 0.337. The highest BCUT2D eigenvalue weighted by Gasteiger charge is 2.08. The highest BCUT2D eigenvalue weighted by Crippen LogP contribution is 2.20. The van der Waals surface area contributed by atoms with E-state index in [9.17, 15) is 4.39 Å². The van der Waals surface area contributed by atoms with Crippen molar-refractivity contribution in [2.75, 3.05) is 20.1 Å². The molecule has 3 nitrogen and oxygen atoms in total. The minimum Gasteiger partial charge on any atom is -0.329 e. The summed E-state index contributed by atoms with van der Waals surface area (Å²) in [5.74, 6) is -0.224. The zero-order valence-corrected chi connectivity index (χ0v) is 9.86. The van der Waals surface area contributed by atoms with Crippen LogP contribution in [0.3, 0.4) is 0 Å². The number of likely N-dealkylation sites (N-methyl/N-ethyl adjacent to an activating group) is 1. The van der Waals surface area contributed by atoms with Crippen molar-refractivity contribution in [3.63, 3.8) is 0 Å². The average molecular weight is 233 g/mol. The number of hydrogen-bond acceptors (Lipinski definition) is 3. The van der Waals surface area contributed by atoms with Crippen LogP contribution in [0.4, 0.5) is 4.39 Å². The summed E-state index contributed by atoms with van der Waals surface area (Å²) in [6.07, 6.45) is 1.69. The molecule has 2 aromatic rings. The third-order valence-electron chi connectivity index (χ3n) is 2.75. The standard InChI is InChI=1S/C13H16FN3/c1-17(8-6-15)9-10-4-5-12(14)11-3-2-7-16-13(10)11/h2-5,7H,6,8-9,15H2,1H3. The number of fused-ring (bicyclic) bond motifs is 1. The third kappa shape index (κ3) is 2.60. The average Bonchev–Trinajstić information content (AvgIpc) is 2.34. The van der Waals surface area contributed by atoms with Crippen molar-refractivity contribution in [1.29, 1.82) is 0 Å². The Balaban J connectivity index is 2.38. The van der Waals surface area contributed by atoms with Crippen LogP contribution in [0.1, 0.15) is 5.56 Å². The van der Waals surface area contributed by atoms with E-state index in [0.29, 0.717) is 11.9 Å². The Morgan fingerprint density at radius 3 is 2.94 bits per heavy atom. The van der Waals surface area contributed by atoms with Crippen LogP contribution in [0.2, 0.25) is 0 Å². The molecule has 0 bridgehead atoms. The number of nitrogens with two attached hydrogens (primary N) is 1. The first-order valence-corrected chi connectivity index (χ1v) is 5.63. The molecule has 0 fully saturated rings. The van der Waals surface area contributed by atoms with Gasteiger partial charge < -0.3 is 10.6 Å². The molecule has 0 spiro atoms. The minimum atomic E-state index is -0.224. The van der Waals surface area contributed by atoms with Crippen LogP contribution in [0.15, 0.2) is 30.5 Å². The van der Waals surface area contributed by atoms with E-state index in [-0.39, 0.29) is 5.82 Å². The smallest absolute Gasteiger partial charge is 0.132 e. The van der Waals surface area contributed by atoms with Crippen molar-refractivity contribution in [2.24, 2.45) is 5.73 Å². The van der Waals surface area contributed by atoms with Gasteiger partial charge in [-0.2, -0.15) is 0 Å². The van der Waals surface area contributed by atoms with E-state index < -0.39 is 0 Å². The lowest BCUT2D eigenvalue weighted by atomic mass is 10.1. The quantitative estimate of drug-likeness (QED) is 0.875. The Morgan fingerprint density at radius 2 is 2.18 bits per heavy atom. The maximum Gasteiger partial charge on any atom is 0.132 e. The highest BCUT2D eigenvalue weighted by molar-refractivity contribution is 5.82. The molecule has 4 heteroatoms. The molecule has 0 unspecified atom stereocenters. The largest absolute Gasteiger partial charge is 0.329 e. The lowest BCUT2D eigenvalue weighted by Gasteiger charge is -2.16. The van der Waals surface area contributed by atoms with Crippen molar-refractivity contribution >= 4 is 10.9 Å². The van der Waals surface area contributed by atoms with Gasteiger partial charge in [-0.05, 0) is 30.8 Å². The monoisotopic (exact) mass is 233 g/mol. The lowest BCUT2D eigenvalue weighted by Crippen LogP contribution is -2.25. The Labute approximate surface area is 100 Å². The van der Waals surface area contributed by atoms with Crippen molar-refractivity contribution < 1.29 is 4.39 Å². The van der Waals surface area contributed by atoms with Gasteiger partial charge in [0.05, 0.1) is 5.52 Å². The first-order valence-electron chi connectivity index (χ1n) is 5.63. The second kappa shape index (κ2) is 5.21. The number of nitrogens with zero attached hydrogens (tertiary/aromatic N) is 2. The predicted molar refractivity (Wildman–Crippen MR) is 67.1 cm³/mol. The van der Waals surface area contributed by atoms with Crippen LogP contribution in [0.25, 0.3) is 10.9 Å². The van der Waals surface area contributed by atoms with E-state index in [1.54, 1.807) is 24.4 Å². The molecular weight excluding hydrogens is 217 g/mol. The number of hydrogen-bond donors (Lipinski definition) is 1. The molecule has 1 aromatic carbocycles. The number of halogens is 1. The van der Waals surface area contributed by atoms with E-state index in [0.717, 1.165) is 24.2 Å². The summed E-state index contributed by atoms with van der Waals surface area (Å²) >= 11 is 0. The zero-order chi connectivity index (χ0) is 12.3. The molecule has 0 aliphatic heterocycles. The van der Waals surface area contributed by atoms with Gasteiger partial charge in [-0.3, -0.25) is 4.98 Å². The normalized spacial score (nSPS) is 11.3. The zero-order valence-electron chi connectivity index (χ0n) is 9.86. The Morgan fingerprint density at radius 1 is 1.35 bits per heavy atom. The number of pyridine rings is 1. The molecule has 0 aliphatic rings. The fourth-order valence-corrected chi connectivity index (χ4v) is 1.91. The van der Waals surface area contributed by atoms with Gasteiger partial charge in [-0.1, -0.05) is 6.07 Å². The molecule has 2 rings (SSSR count). The molecule has 90 valence electrons. The molecule has 2 N–H and O–H groups in total. The fraction of sp³-hybridized carbons (Fsp3) is 0.308. The molecule has 0 amide bonds. The summed E-state index contributed by atoms with van der Waals surface area (Å²) < 4.78 is 13.6. The highest BCUT2D eigenvalue weighted by atomic mass is 19.1. The molecule has 0 saturated heterocycles. The van der Waals surface area contributed by atoms with Crippen LogP contribution in [-0.4, -0.2) is 30.0 Å². The van der Waals surface area contributed by atoms with E-state index in [1.807, 2.05) is 7.05 Å². The molecule has 0 saturated carbocycles. The number of benzene rings is 1. The summed E-state index contributed by atoms with van der Waals surface area (Å²) in [7, 11) is 1.99. The molecule has 0 radical (unpaired) electrons. The van der Waals surface area contributed by atoms with Gasteiger partial charge in [0.15, 0.2) is 0 Å². The number of aromatic nitrogens is 1. The van der Waals surface area contributed by atoms with Crippen molar-refractivity contribution in [3.8, 4) is 0 Å². The van der Waals surface area contributed by atoms with Gasteiger partial charge >= 0.3 is 0 Å². The minimum absolute atomic E-state index is 0.224. The maximum absolute atomic E-state index is 13.6. The van der Waals surface area contributed by atoms with Crippen molar-refractivity contribution in [2.45, 2.75) is 6.54 Å².